The van der Waals surface area contributed by atoms with E-state index in [0.29, 0.717) is 11.4 Å². The maximum atomic E-state index is 13.7. The molecule has 1 N–H and O–H groups in total. The van der Waals surface area contributed by atoms with Crippen molar-refractivity contribution in [2.24, 2.45) is 4.99 Å². The van der Waals surface area contributed by atoms with E-state index >= 15 is 0 Å². The second-order valence-corrected chi connectivity index (χ2v) is 5.61. The molecule has 0 fully saturated rings. The number of hydrogen-bond donors (Lipinski definition) is 1. The number of halogens is 2. The van der Waals surface area contributed by atoms with Gasteiger partial charge in [-0.2, -0.15) is 0 Å². The average molecular weight is 333 g/mol. The minimum Gasteiger partial charge on any atom is -0.495 e. The summed E-state index contributed by atoms with van der Waals surface area (Å²) >= 11 is 0. The number of rotatable bonds is 6. The first-order valence-electron chi connectivity index (χ1n) is 7.48. The number of ether oxygens (including phenoxy) is 1. The van der Waals surface area contributed by atoms with Crippen molar-refractivity contribution in [3.05, 3.63) is 53.1 Å². The number of benzene rings is 2. The van der Waals surface area contributed by atoms with Crippen molar-refractivity contribution in [2.45, 2.75) is 13.5 Å². The molecule has 0 saturated heterocycles. The maximum absolute atomic E-state index is 13.7. The number of aliphatic imine (C=N–C) groups is 1. The number of aryl methyl sites for hydroxylation is 1. The Labute approximate surface area is 140 Å². The quantitative estimate of drug-likeness (QED) is 0.638. The molecule has 2 rings (SSSR count). The van der Waals surface area contributed by atoms with Gasteiger partial charge in [-0.1, -0.05) is 12.1 Å². The lowest BCUT2D eigenvalue weighted by Gasteiger charge is -2.14. The lowest BCUT2D eigenvalue weighted by Crippen LogP contribution is -2.07. The largest absolute Gasteiger partial charge is 0.495 e. The summed E-state index contributed by atoms with van der Waals surface area (Å²) in [6.45, 7) is 2.08. The number of nitrogens with one attached hydrogen (secondary N) is 1. The molecule has 2 aromatic carbocycles. The average Bonchev–Trinajstić information content (AvgIpc) is 2.55. The molecule has 0 amide bonds. The molecule has 0 aliphatic carbocycles. The molecular weight excluding hydrogens is 312 g/mol. The Morgan fingerprint density at radius 3 is 2.67 bits per heavy atom. The normalized spacial score (nSPS) is 10.9. The van der Waals surface area contributed by atoms with E-state index in [4.69, 9.17) is 4.74 Å². The highest BCUT2D eigenvalue weighted by atomic mass is 19.2. The number of hydrogen-bond acceptors (Lipinski definition) is 3. The molecule has 0 aliphatic rings. The summed E-state index contributed by atoms with van der Waals surface area (Å²) in [5.74, 6) is -1.11. The topological polar surface area (TPSA) is 36.9 Å². The van der Waals surface area contributed by atoms with E-state index < -0.39 is 11.6 Å². The Kier molecular flexibility index (Phi) is 5.73. The molecule has 0 radical (unpaired) electrons. The fourth-order valence-corrected chi connectivity index (χ4v) is 2.18. The van der Waals surface area contributed by atoms with Gasteiger partial charge in [-0.05, 0) is 24.6 Å². The molecule has 6 heteroatoms. The molecule has 0 unspecified atom stereocenters. The monoisotopic (exact) mass is 333 g/mol. The van der Waals surface area contributed by atoms with Gasteiger partial charge in [0.25, 0.3) is 0 Å². The highest BCUT2D eigenvalue weighted by Gasteiger charge is 2.11. The second kappa shape index (κ2) is 7.77. The van der Waals surface area contributed by atoms with Crippen LogP contribution in [0.3, 0.4) is 0 Å². The molecule has 24 heavy (non-hydrogen) atoms. The fourth-order valence-electron chi connectivity index (χ4n) is 2.18. The van der Waals surface area contributed by atoms with Crippen LogP contribution in [0.5, 0.6) is 5.75 Å². The van der Waals surface area contributed by atoms with E-state index in [9.17, 15) is 8.78 Å². The molecule has 0 saturated carbocycles. The SMILES string of the molecule is COc1cc(N=CN(C)C)c(C)cc1NCc1cccc(F)c1F. The van der Waals surface area contributed by atoms with Gasteiger partial charge in [-0.3, -0.25) is 0 Å². The first kappa shape index (κ1) is 17.7. The lowest BCUT2D eigenvalue weighted by molar-refractivity contribution is 0.416. The van der Waals surface area contributed by atoms with Crippen molar-refractivity contribution in [1.82, 2.24) is 4.90 Å². The standard InChI is InChI=1S/C18H21F2N3O/c1-12-8-16(17(24-4)9-15(12)22-11-23(2)3)21-10-13-6-5-7-14(19)18(13)20/h5-9,11,21H,10H2,1-4H3. The molecule has 0 aliphatic heterocycles. The summed E-state index contributed by atoms with van der Waals surface area (Å²) in [7, 11) is 5.33. The summed E-state index contributed by atoms with van der Waals surface area (Å²) < 4.78 is 32.4. The number of nitrogens with zero attached hydrogens (tertiary/aromatic N) is 2. The Balaban J connectivity index is 2.24. The van der Waals surface area contributed by atoms with E-state index in [2.05, 4.69) is 10.3 Å². The van der Waals surface area contributed by atoms with E-state index in [1.54, 1.807) is 25.6 Å². The van der Waals surface area contributed by atoms with E-state index in [1.165, 1.54) is 6.07 Å². The highest BCUT2D eigenvalue weighted by Crippen LogP contribution is 2.33. The molecule has 0 spiro atoms. The molecule has 128 valence electrons. The molecule has 0 atom stereocenters. The van der Waals surface area contributed by atoms with Crippen molar-refractivity contribution < 1.29 is 13.5 Å². The third kappa shape index (κ3) is 4.22. The summed E-state index contributed by atoms with van der Waals surface area (Å²) in [6, 6.07) is 7.80. The summed E-state index contributed by atoms with van der Waals surface area (Å²) in [6.07, 6.45) is 1.71. The van der Waals surface area contributed by atoms with Crippen molar-refractivity contribution in [3.8, 4) is 5.75 Å². The van der Waals surface area contributed by atoms with Crippen LogP contribution in [0.25, 0.3) is 0 Å². The molecule has 0 aromatic heterocycles. The van der Waals surface area contributed by atoms with Gasteiger partial charge in [0.05, 0.1) is 24.8 Å². The third-order valence-corrected chi connectivity index (χ3v) is 3.45. The molecule has 2 aromatic rings. The number of methoxy groups -OCH3 is 1. The van der Waals surface area contributed by atoms with Crippen LogP contribution >= 0.6 is 0 Å². The van der Waals surface area contributed by atoms with Crippen LogP contribution in [0.4, 0.5) is 20.2 Å². The van der Waals surface area contributed by atoms with E-state index in [-0.39, 0.29) is 12.1 Å². The van der Waals surface area contributed by atoms with Crippen LogP contribution in [0.1, 0.15) is 11.1 Å². The predicted octanol–water partition coefficient (Wildman–Crippen LogP) is 4.12. The van der Waals surface area contributed by atoms with Crippen molar-refractivity contribution in [2.75, 3.05) is 26.5 Å². The first-order valence-corrected chi connectivity index (χ1v) is 7.48. The highest BCUT2D eigenvalue weighted by molar-refractivity contribution is 5.69. The zero-order chi connectivity index (χ0) is 17.7. The van der Waals surface area contributed by atoms with Crippen LogP contribution in [-0.2, 0) is 6.54 Å². The van der Waals surface area contributed by atoms with Crippen LogP contribution in [0.15, 0.2) is 35.3 Å². The van der Waals surface area contributed by atoms with Crippen LogP contribution in [-0.4, -0.2) is 32.4 Å². The van der Waals surface area contributed by atoms with Gasteiger partial charge in [-0.15, -0.1) is 0 Å². The van der Waals surface area contributed by atoms with E-state index in [0.717, 1.165) is 17.3 Å². The first-order chi connectivity index (χ1) is 11.4. The van der Waals surface area contributed by atoms with Crippen LogP contribution in [0, 0.1) is 18.6 Å². The van der Waals surface area contributed by atoms with Crippen molar-refractivity contribution in [1.29, 1.82) is 0 Å². The Hall–Kier alpha value is -2.63. The summed E-state index contributed by atoms with van der Waals surface area (Å²) in [4.78, 5) is 6.22. The molecule has 0 heterocycles. The second-order valence-electron chi connectivity index (χ2n) is 5.61. The molecule has 0 bridgehead atoms. The third-order valence-electron chi connectivity index (χ3n) is 3.45. The van der Waals surface area contributed by atoms with Gasteiger partial charge in [0, 0.05) is 32.3 Å². The Bertz CT molecular complexity index is 745. The maximum Gasteiger partial charge on any atom is 0.163 e. The van der Waals surface area contributed by atoms with Gasteiger partial charge in [-0.25, -0.2) is 13.8 Å². The minimum absolute atomic E-state index is 0.152. The smallest absolute Gasteiger partial charge is 0.163 e. The summed E-state index contributed by atoms with van der Waals surface area (Å²) in [5, 5.41) is 3.09. The number of anilines is 1. The molecular formula is C18H21F2N3O. The van der Waals surface area contributed by atoms with E-state index in [1.807, 2.05) is 32.0 Å². The minimum atomic E-state index is -0.856. The van der Waals surface area contributed by atoms with Gasteiger partial charge in [0.2, 0.25) is 0 Å². The zero-order valence-electron chi connectivity index (χ0n) is 14.2. The van der Waals surface area contributed by atoms with Crippen molar-refractivity contribution in [3.63, 3.8) is 0 Å². The van der Waals surface area contributed by atoms with Gasteiger partial charge in [0.15, 0.2) is 11.6 Å². The lowest BCUT2D eigenvalue weighted by atomic mass is 10.1. The van der Waals surface area contributed by atoms with Gasteiger partial charge >= 0.3 is 0 Å². The predicted molar refractivity (Wildman–Crippen MR) is 93.3 cm³/mol. The van der Waals surface area contributed by atoms with Crippen molar-refractivity contribution >= 4 is 17.7 Å². The van der Waals surface area contributed by atoms with Gasteiger partial charge < -0.3 is 15.0 Å². The van der Waals surface area contributed by atoms with Crippen LogP contribution in [0.2, 0.25) is 0 Å². The fraction of sp³-hybridized carbons (Fsp3) is 0.278. The Morgan fingerprint density at radius 2 is 2.00 bits per heavy atom. The molecule has 4 nitrogen and oxygen atoms in total. The van der Waals surface area contributed by atoms with Gasteiger partial charge in [0.1, 0.15) is 5.75 Å². The zero-order valence-corrected chi connectivity index (χ0v) is 14.2. The van der Waals surface area contributed by atoms with Crippen LogP contribution < -0.4 is 10.1 Å². The summed E-state index contributed by atoms with van der Waals surface area (Å²) in [5.41, 5.74) is 2.67. The Morgan fingerprint density at radius 1 is 1.25 bits per heavy atom.